The van der Waals surface area contributed by atoms with Crippen LogP contribution < -0.4 is 5.32 Å². The predicted molar refractivity (Wildman–Crippen MR) is 83.3 cm³/mol. The van der Waals surface area contributed by atoms with E-state index in [1.165, 1.54) is 16.5 Å². The van der Waals surface area contributed by atoms with Gasteiger partial charge in [0.25, 0.3) is 0 Å². The van der Waals surface area contributed by atoms with Gasteiger partial charge in [-0.3, -0.25) is 0 Å². The SMILES string of the molecule is CCCNC(c1cc(Br)ccc1F)c1sccc1C. The molecule has 2 rings (SSSR count). The summed E-state index contributed by atoms with van der Waals surface area (Å²) in [5, 5.41) is 5.50. The monoisotopic (exact) mass is 341 g/mol. The van der Waals surface area contributed by atoms with E-state index in [0.29, 0.717) is 5.56 Å². The first-order valence-corrected chi connectivity index (χ1v) is 8.03. The van der Waals surface area contributed by atoms with Crippen LogP contribution in [0.5, 0.6) is 0 Å². The summed E-state index contributed by atoms with van der Waals surface area (Å²) in [6.07, 6.45) is 1.02. The van der Waals surface area contributed by atoms with Gasteiger partial charge in [0.15, 0.2) is 0 Å². The summed E-state index contributed by atoms with van der Waals surface area (Å²) in [6, 6.07) is 7.12. The molecule has 0 amide bonds. The molecule has 0 radical (unpaired) electrons. The molecule has 0 bridgehead atoms. The van der Waals surface area contributed by atoms with Gasteiger partial charge in [-0.05, 0) is 55.1 Å². The summed E-state index contributed by atoms with van der Waals surface area (Å²) in [4.78, 5) is 1.19. The lowest BCUT2D eigenvalue weighted by Gasteiger charge is -2.20. The molecule has 1 aromatic carbocycles. The van der Waals surface area contributed by atoms with Crippen molar-refractivity contribution >= 4 is 27.3 Å². The molecule has 4 heteroatoms. The first-order valence-electron chi connectivity index (χ1n) is 6.35. The highest BCUT2D eigenvalue weighted by Crippen LogP contribution is 2.32. The molecule has 1 atom stereocenters. The molecule has 0 aliphatic heterocycles. The van der Waals surface area contributed by atoms with Crippen molar-refractivity contribution in [2.75, 3.05) is 6.54 Å². The van der Waals surface area contributed by atoms with Crippen molar-refractivity contribution in [2.45, 2.75) is 26.3 Å². The molecule has 0 spiro atoms. The van der Waals surface area contributed by atoms with Crippen LogP contribution in [-0.4, -0.2) is 6.54 Å². The molecule has 1 N–H and O–H groups in total. The van der Waals surface area contributed by atoms with Crippen molar-refractivity contribution in [3.63, 3.8) is 0 Å². The zero-order valence-corrected chi connectivity index (χ0v) is 13.4. The number of rotatable bonds is 5. The Kier molecular flexibility index (Phi) is 5.13. The molecule has 102 valence electrons. The van der Waals surface area contributed by atoms with Gasteiger partial charge in [-0.15, -0.1) is 11.3 Å². The Morgan fingerprint density at radius 3 is 2.79 bits per heavy atom. The maximum atomic E-state index is 14.1. The van der Waals surface area contributed by atoms with E-state index >= 15 is 0 Å². The smallest absolute Gasteiger partial charge is 0.128 e. The first-order chi connectivity index (χ1) is 9.13. The Balaban J connectivity index is 2.42. The third-order valence-electron chi connectivity index (χ3n) is 3.03. The minimum Gasteiger partial charge on any atom is -0.305 e. The fourth-order valence-electron chi connectivity index (χ4n) is 2.05. The predicted octanol–water partition coefficient (Wildman–Crippen LogP) is 5.05. The van der Waals surface area contributed by atoms with Crippen LogP contribution in [0.4, 0.5) is 4.39 Å². The highest BCUT2D eigenvalue weighted by molar-refractivity contribution is 9.10. The Morgan fingerprint density at radius 2 is 2.16 bits per heavy atom. The maximum Gasteiger partial charge on any atom is 0.128 e. The second-order valence-corrected chi connectivity index (χ2v) is 6.38. The summed E-state index contributed by atoms with van der Waals surface area (Å²) in [6.45, 7) is 5.05. The van der Waals surface area contributed by atoms with E-state index in [9.17, 15) is 4.39 Å². The molecule has 0 aliphatic rings. The van der Waals surface area contributed by atoms with Gasteiger partial charge in [-0.2, -0.15) is 0 Å². The van der Waals surface area contributed by atoms with Crippen LogP contribution in [0.2, 0.25) is 0 Å². The Labute approximate surface area is 126 Å². The summed E-state index contributed by atoms with van der Waals surface area (Å²) in [5.74, 6) is -0.162. The molecule has 0 saturated carbocycles. The molecular formula is C15H17BrFNS. The van der Waals surface area contributed by atoms with Crippen LogP contribution in [-0.2, 0) is 0 Å². The van der Waals surface area contributed by atoms with Crippen LogP contribution in [0.25, 0.3) is 0 Å². The number of nitrogens with one attached hydrogen (secondary N) is 1. The maximum absolute atomic E-state index is 14.1. The van der Waals surface area contributed by atoms with Gasteiger partial charge in [0.1, 0.15) is 5.82 Å². The number of hydrogen-bond donors (Lipinski definition) is 1. The fraction of sp³-hybridized carbons (Fsp3) is 0.333. The molecule has 0 fully saturated rings. The van der Waals surface area contributed by atoms with Crippen molar-refractivity contribution in [3.05, 3.63) is 55.9 Å². The Bertz CT molecular complexity index is 553. The van der Waals surface area contributed by atoms with Gasteiger partial charge in [-0.1, -0.05) is 22.9 Å². The second kappa shape index (κ2) is 6.64. The quantitative estimate of drug-likeness (QED) is 0.802. The van der Waals surface area contributed by atoms with Crippen molar-refractivity contribution in [3.8, 4) is 0 Å². The minimum absolute atomic E-state index is 0.0718. The van der Waals surface area contributed by atoms with Crippen molar-refractivity contribution in [1.82, 2.24) is 5.32 Å². The molecule has 0 aliphatic carbocycles. The van der Waals surface area contributed by atoms with E-state index in [1.54, 1.807) is 17.4 Å². The fourth-order valence-corrected chi connectivity index (χ4v) is 3.45. The lowest BCUT2D eigenvalue weighted by Crippen LogP contribution is -2.24. The Hall–Kier alpha value is -0.710. The van der Waals surface area contributed by atoms with Gasteiger partial charge < -0.3 is 5.32 Å². The summed E-state index contributed by atoms with van der Waals surface area (Å²) in [7, 11) is 0. The zero-order valence-electron chi connectivity index (χ0n) is 11.0. The van der Waals surface area contributed by atoms with Gasteiger partial charge in [0.2, 0.25) is 0 Å². The van der Waals surface area contributed by atoms with Crippen LogP contribution in [0, 0.1) is 12.7 Å². The molecule has 1 nitrogen and oxygen atoms in total. The highest BCUT2D eigenvalue weighted by atomic mass is 79.9. The molecule has 1 unspecified atom stereocenters. The van der Waals surface area contributed by atoms with Crippen LogP contribution in [0.3, 0.4) is 0 Å². The van der Waals surface area contributed by atoms with Crippen molar-refractivity contribution in [1.29, 1.82) is 0 Å². The molecule has 1 aromatic heterocycles. The van der Waals surface area contributed by atoms with Crippen LogP contribution in [0.15, 0.2) is 34.1 Å². The number of thiophene rings is 1. The Morgan fingerprint density at radius 1 is 1.37 bits per heavy atom. The molecule has 1 heterocycles. The van der Waals surface area contributed by atoms with Gasteiger partial charge in [0, 0.05) is 14.9 Å². The molecule has 19 heavy (non-hydrogen) atoms. The van der Waals surface area contributed by atoms with Gasteiger partial charge in [-0.25, -0.2) is 4.39 Å². The van der Waals surface area contributed by atoms with E-state index in [0.717, 1.165) is 17.4 Å². The zero-order chi connectivity index (χ0) is 13.8. The average Bonchev–Trinajstić information content (AvgIpc) is 2.80. The number of halogens is 2. The summed E-state index contributed by atoms with van der Waals surface area (Å²) < 4.78 is 15.0. The lowest BCUT2D eigenvalue weighted by atomic mass is 10.0. The van der Waals surface area contributed by atoms with Gasteiger partial charge in [0.05, 0.1) is 6.04 Å². The minimum atomic E-state index is -0.162. The third kappa shape index (κ3) is 3.44. The third-order valence-corrected chi connectivity index (χ3v) is 4.61. The normalized spacial score (nSPS) is 12.6. The van der Waals surface area contributed by atoms with E-state index in [1.807, 2.05) is 6.07 Å². The van der Waals surface area contributed by atoms with Crippen molar-refractivity contribution < 1.29 is 4.39 Å². The number of aryl methyl sites for hydroxylation is 1. The van der Waals surface area contributed by atoms with Crippen LogP contribution in [0.1, 0.15) is 35.4 Å². The second-order valence-electron chi connectivity index (χ2n) is 4.52. The molecule has 2 aromatic rings. The molecular weight excluding hydrogens is 325 g/mol. The molecule has 0 saturated heterocycles. The number of hydrogen-bond acceptors (Lipinski definition) is 2. The van der Waals surface area contributed by atoms with E-state index in [2.05, 4.69) is 46.5 Å². The van der Waals surface area contributed by atoms with Gasteiger partial charge >= 0.3 is 0 Å². The van der Waals surface area contributed by atoms with Crippen LogP contribution >= 0.6 is 27.3 Å². The number of benzene rings is 1. The summed E-state index contributed by atoms with van der Waals surface area (Å²) in [5.41, 5.74) is 1.91. The van der Waals surface area contributed by atoms with E-state index in [-0.39, 0.29) is 11.9 Å². The largest absolute Gasteiger partial charge is 0.305 e. The first kappa shape index (κ1) is 14.7. The van der Waals surface area contributed by atoms with Crippen molar-refractivity contribution in [2.24, 2.45) is 0 Å². The lowest BCUT2D eigenvalue weighted by molar-refractivity contribution is 0.549. The average molecular weight is 342 g/mol. The topological polar surface area (TPSA) is 12.0 Å². The highest BCUT2D eigenvalue weighted by Gasteiger charge is 2.20. The summed E-state index contributed by atoms with van der Waals surface area (Å²) >= 11 is 5.10. The standard InChI is InChI=1S/C15H17BrFNS/c1-3-7-18-14(15-10(2)6-8-19-15)12-9-11(16)4-5-13(12)17/h4-6,8-9,14,18H,3,7H2,1-2H3. The van der Waals surface area contributed by atoms with E-state index in [4.69, 9.17) is 0 Å². The van der Waals surface area contributed by atoms with E-state index < -0.39 is 0 Å².